The zero-order chi connectivity index (χ0) is 10.9. The maximum atomic E-state index is 6.21. The highest BCUT2D eigenvalue weighted by molar-refractivity contribution is 6.68. The van der Waals surface area contributed by atoms with Crippen molar-refractivity contribution in [1.29, 1.82) is 0 Å². The summed E-state index contributed by atoms with van der Waals surface area (Å²) in [4.78, 5) is -1.18. The fraction of sp³-hybridized carbons (Fsp3) is 0.714. The molecule has 0 heterocycles. The van der Waals surface area contributed by atoms with Crippen molar-refractivity contribution in [2.45, 2.75) is 20.0 Å². The lowest BCUT2D eigenvalue weighted by Gasteiger charge is -2.39. The van der Waals surface area contributed by atoms with E-state index in [-0.39, 0.29) is 5.03 Å². The molecule has 0 radical (unpaired) electrons. The van der Waals surface area contributed by atoms with E-state index in [0.29, 0.717) is 11.5 Å². The lowest BCUT2D eigenvalue weighted by molar-refractivity contribution is 0.614. The van der Waals surface area contributed by atoms with Gasteiger partial charge in [0, 0.05) is 11.0 Å². The SMILES string of the molecule is ClC1=C(Cl)C2(Cl)CC1C(Cl)(Cl)C2(Cl)Cl. The largest absolute Gasteiger partial charge is 0.175 e. The number of rotatable bonds is 0. The molecule has 14 heavy (non-hydrogen) atoms. The molecule has 80 valence electrons. The molecule has 2 aliphatic carbocycles. The molecule has 0 amide bonds. The van der Waals surface area contributed by atoms with Crippen LogP contribution in [0, 0.1) is 5.92 Å². The zero-order valence-electron chi connectivity index (χ0n) is 6.43. The van der Waals surface area contributed by atoms with Crippen molar-refractivity contribution in [3.05, 3.63) is 10.1 Å². The van der Waals surface area contributed by atoms with Crippen molar-refractivity contribution >= 4 is 81.2 Å². The van der Waals surface area contributed by atoms with E-state index in [1.807, 2.05) is 0 Å². The second-order valence-electron chi connectivity index (χ2n) is 3.42. The highest BCUT2D eigenvalue weighted by Crippen LogP contribution is 2.73. The topological polar surface area (TPSA) is 0 Å². The van der Waals surface area contributed by atoms with Crippen LogP contribution in [0.1, 0.15) is 6.42 Å². The van der Waals surface area contributed by atoms with Gasteiger partial charge in [-0.1, -0.05) is 69.6 Å². The summed E-state index contributed by atoms with van der Waals surface area (Å²) in [7, 11) is 0. The summed E-state index contributed by atoms with van der Waals surface area (Å²) in [6.07, 6.45) is 0.353. The molecule has 0 nitrogen and oxygen atoms in total. The molecular formula is C7H3Cl7. The Morgan fingerprint density at radius 3 is 1.86 bits per heavy atom. The van der Waals surface area contributed by atoms with Crippen LogP contribution in [0.15, 0.2) is 10.1 Å². The summed E-state index contributed by atoms with van der Waals surface area (Å²) in [6, 6.07) is 0. The maximum Gasteiger partial charge on any atom is 0.175 e. The monoisotopic (exact) mass is 332 g/mol. The maximum absolute atomic E-state index is 6.21. The summed E-state index contributed by atoms with van der Waals surface area (Å²) < 4.78 is -2.95. The quantitative estimate of drug-likeness (QED) is 0.545. The van der Waals surface area contributed by atoms with E-state index in [0.717, 1.165) is 0 Å². The van der Waals surface area contributed by atoms with Gasteiger partial charge in [-0.25, -0.2) is 0 Å². The average Bonchev–Trinajstić information content (AvgIpc) is 2.36. The van der Waals surface area contributed by atoms with Crippen LogP contribution >= 0.6 is 81.2 Å². The smallest absolute Gasteiger partial charge is 0.110 e. The normalized spacial score (nSPS) is 43.5. The Bertz CT molecular complexity index is 331. The van der Waals surface area contributed by atoms with E-state index in [4.69, 9.17) is 81.2 Å². The molecular weight excluding hydrogens is 332 g/mol. The Kier molecular flexibility index (Phi) is 2.76. The van der Waals surface area contributed by atoms with E-state index >= 15 is 0 Å². The highest BCUT2D eigenvalue weighted by atomic mass is 35.5. The van der Waals surface area contributed by atoms with Gasteiger partial charge in [-0.2, -0.15) is 0 Å². The minimum atomic E-state index is -1.54. The molecule has 0 aromatic rings. The lowest BCUT2D eigenvalue weighted by Crippen LogP contribution is -2.49. The predicted molar refractivity (Wildman–Crippen MR) is 64.3 cm³/mol. The Labute approximate surface area is 116 Å². The number of hydrogen-bond acceptors (Lipinski definition) is 0. The van der Waals surface area contributed by atoms with Gasteiger partial charge in [-0.3, -0.25) is 0 Å². The highest BCUT2D eigenvalue weighted by Gasteiger charge is 2.76. The minimum absolute atomic E-state index is 0.243. The molecule has 1 saturated carbocycles. The molecule has 2 aliphatic rings. The van der Waals surface area contributed by atoms with Crippen molar-refractivity contribution in [3.63, 3.8) is 0 Å². The summed E-state index contributed by atoms with van der Waals surface area (Å²) in [5.74, 6) is -0.410. The fourth-order valence-corrected chi connectivity index (χ4v) is 4.65. The molecule has 2 unspecified atom stereocenters. The Morgan fingerprint density at radius 2 is 1.50 bits per heavy atom. The van der Waals surface area contributed by atoms with Crippen LogP contribution < -0.4 is 0 Å². The molecule has 0 spiro atoms. The second kappa shape index (κ2) is 3.16. The minimum Gasteiger partial charge on any atom is -0.110 e. The van der Waals surface area contributed by atoms with Crippen LogP contribution in [0.4, 0.5) is 0 Å². The van der Waals surface area contributed by atoms with Gasteiger partial charge in [0.1, 0.15) is 4.87 Å². The Balaban J connectivity index is 2.65. The standard InChI is InChI=1S/C7H3Cl7/c8-3-2-1-5(10,4(3)9)7(13,14)6(2,11)12/h2H,1H2. The number of fused-ring (bicyclic) bond motifs is 2. The molecule has 2 atom stereocenters. The number of allylic oxidation sites excluding steroid dienone is 2. The van der Waals surface area contributed by atoms with Gasteiger partial charge in [0.2, 0.25) is 0 Å². The van der Waals surface area contributed by atoms with Gasteiger partial charge in [-0.05, 0) is 6.42 Å². The van der Waals surface area contributed by atoms with Crippen LogP contribution in [0.25, 0.3) is 0 Å². The van der Waals surface area contributed by atoms with E-state index in [1.165, 1.54) is 0 Å². The van der Waals surface area contributed by atoms with E-state index in [1.54, 1.807) is 0 Å². The van der Waals surface area contributed by atoms with Gasteiger partial charge in [-0.15, -0.1) is 11.6 Å². The van der Waals surface area contributed by atoms with Gasteiger partial charge in [0.15, 0.2) is 8.67 Å². The number of hydrogen-bond donors (Lipinski definition) is 0. The predicted octanol–water partition coefficient (Wildman–Crippen LogP) is 5.03. The van der Waals surface area contributed by atoms with Crippen LogP contribution in [-0.2, 0) is 0 Å². The number of alkyl halides is 5. The van der Waals surface area contributed by atoms with Crippen molar-refractivity contribution in [2.24, 2.45) is 5.92 Å². The van der Waals surface area contributed by atoms with Gasteiger partial charge in [0.25, 0.3) is 0 Å². The molecule has 7 heteroatoms. The van der Waals surface area contributed by atoms with Crippen molar-refractivity contribution in [3.8, 4) is 0 Å². The van der Waals surface area contributed by atoms with E-state index < -0.39 is 19.5 Å². The molecule has 0 saturated heterocycles. The zero-order valence-corrected chi connectivity index (χ0v) is 11.7. The second-order valence-corrected chi connectivity index (χ2v) is 7.56. The third-order valence-electron chi connectivity index (χ3n) is 2.70. The molecule has 2 bridgehead atoms. The molecule has 2 rings (SSSR count). The van der Waals surface area contributed by atoms with E-state index in [2.05, 4.69) is 0 Å². The van der Waals surface area contributed by atoms with Crippen LogP contribution in [0.2, 0.25) is 0 Å². The van der Waals surface area contributed by atoms with Crippen molar-refractivity contribution < 1.29 is 0 Å². The third-order valence-corrected chi connectivity index (χ3v) is 7.42. The summed E-state index contributed by atoms with van der Waals surface area (Å²) in [6.45, 7) is 0. The first-order valence-electron chi connectivity index (χ1n) is 3.66. The molecule has 0 aliphatic heterocycles. The molecule has 0 aromatic carbocycles. The van der Waals surface area contributed by atoms with Gasteiger partial charge in [0.05, 0.1) is 5.03 Å². The Morgan fingerprint density at radius 1 is 1.00 bits per heavy atom. The van der Waals surface area contributed by atoms with Crippen molar-refractivity contribution in [2.75, 3.05) is 0 Å². The van der Waals surface area contributed by atoms with Crippen LogP contribution in [0.5, 0.6) is 0 Å². The molecule has 0 aromatic heterocycles. The first-order chi connectivity index (χ1) is 6.16. The van der Waals surface area contributed by atoms with Crippen LogP contribution in [-0.4, -0.2) is 13.5 Å². The first kappa shape index (κ1) is 12.2. The van der Waals surface area contributed by atoms with E-state index in [9.17, 15) is 0 Å². The number of halogens is 7. The third kappa shape index (κ3) is 1.12. The lowest BCUT2D eigenvalue weighted by atomic mass is 10.0. The molecule has 1 fully saturated rings. The van der Waals surface area contributed by atoms with Gasteiger partial charge < -0.3 is 0 Å². The van der Waals surface area contributed by atoms with Gasteiger partial charge >= 0.3 is 0 Å². The van der Waals surface area contributed by atoms with Crippen LogP contribution in [0.3, 0.4) is 0 Å². The summed E-state index contributed by atoms with van der Waals surface area (Å²) in [5, 5.41) is 0.594. The average molecular weight is 335 g/mol. The summed E-state index contributed by atoms with van der Waals surface area (Å²) in [5.41, 5.74) is 0. The summed E-state index contributed by atoms with van der Waals surface area (Å²) >= 11 is 42.3. The van der Waals surface area contributed by atoms with Crippen molar-refractivity contribution in [1.82, 2.24) is 0 Å². The fourth-order valence-electron chi connectivity index (χ4n) is 1.84. The Hall–Kier alpha value is 1.77. The molecule has 0 N–H and O–H groups in total. The first-order valence-corrected chi connectivity index (χ1v) is 6.31.